The Balaban J connectivity index is 2.85. The van der Waals surface area contributed by atoms with Crippen LogP contribution in [-0.2, 0) is 0 Å². The van der Waals surface area contributed by atoms with Gasteiger partial charge in [0.1, 0.15) is 0 Å². The smallest absolute Gasteiger partial charge is 0.0692 e. The summed E-state index contributed by atoms with van der Waals surface area (Å²) < 4.78 is 0. The van der Waals surface area contributed by atoms with E-state index in [1.807, 2.05) is 0 Å². The van der Waals surface area contributed by atoms with E-state index in [0.717, 1.165) is 6.42 Å². The van der Waals surface area contributed by atoms with E-state index in [0.29, 0.717) is 5.41 Å². The van der Waals surface area contributed by atoms with Gasteiger partial charge >= 0.3 is 0 Å². The summed E-state index contributed by atoms with van der Waals surface area (Å²) in [4.78, 5) is 0. The summed E-state index contributed by atoms with van der Waals surface area (Å²) in [6.07, 6.45) is 9.97. The third-order valence-electron chi connectivity index (χ3n) is 6.28. The number of hydrogen-bond acceptors (Lipinski definition) is 1. The molecule has 0 aromatic heterocycles. The summed E-state index contributed by atoms with van der Waals surface area (Å²) in [5.41, 5.74) is 0.422. The Hall–Kier alpha value is -0.510. The number of nitriles is 1. The molecular weight excluding hydrogens is 218 g/mol. The van der Waals surface area contributed by atoms with E-state index in [4.69, 9.17) is 0 Å². The van der Waals surface area contributed by atoms with Crippen molar-refractivity contribution in [2.24, 2.45) is 16.2 Å². The second-order valence-electron chi connectivity index (χ2n) is 7.00. The summed E-state index contributed by atoms with van der Waals surface area (Å²) >= 11 is 0. The van der Waals surface area contributed by atoms with Crippen LogP contribution in [0.15, 0.2) is 0 Å². The average molecular weight is 249 g/mol. The Morgan fingerprint density at radius 3 is 2.17 bits per heavy atom. The SMILES string of the molecule is CCCCCCC1(C)C(C)(C#N)CCC1(C)CC. The zero-order valence-corrected chi connectivity index (χ0v) is 13.1. The first kappa shape index (κ1) is 15.5. The zero-order valence-electron chi connectivity index (χ0n) is 13.1. The summed E-state index contributed by atoms with van der Waals surface area (Å²) in [7, 11) is 0. The lowest BCUT2D eigenvalue weighted by molar-refractivity contribution is 0.0236. The van der Waals surface area contributed by atoms with Crippen LogP contribution >= 0.6 is 0 Å². The second kappa shape index (κ2) is 5.64. The lowest BCUT2D eigenvalue weighted by Crippen LogP contribution is -2.41. The van der Waals surface area contributed by atoms with Gasteiger partial charge < -0.3 is 0 Å². The molecule has 1 aliphatic carbocycles. The van der Waals surface area contributed by atoms with Crippen LogP contribution in [0.5, 0.6) is 0 Å². The molecule has 0 aliphatic heterocycles. The van der Waals surface area contributed by atoms with Gasteiger partial charge in [0.25, 0.3) is 0 Å². The van der Waals surface area contributed by atoms with Crippen molar-refractivity contribution < 1.29 is 0 Å². The molecule has 0 spiro atoms. The van der Waals surface area contributed by atoms with Crippen LogP contribution < -0.4 is 0 Å². The first-order valence-electron chi connectivity index (χ1n) is 7.80. The van der Waals surface area contributed by atoms with Gasteiger partial charge in [-0.15, -0.1) is 0 Å². The van der Waals surface area contributed by atoms with Crippen molar-refractivity contribution in [1.82, 2.24) is 0 Å². The van der Waals surface area contributed by atoms with E-state index in [2.05, 4.69) is 40.7 Å². The summed E-state index contributed by atoms with van der Waals surface area (Å²) in [5.74, 6) is 0. The zero-order chi connectivity index (χ0) is 13.9. The van der Waals surface area contributed by atoms with Gasteiger partial charge in [-0.25, -0.2) is 0 Å². The first-order chi connectivity index (χ1) is 8.39. The molecule has 1 aliphatic rings. The van der Waals surface area contributed by atoms with E-state index in [1.54, 1.807) is 0 Å². The molecule has 0 bridgehead atoms. The highest BCUT2D eigenvalue weighted by Gasteiger charge is 2.59. The maximum Gasteiger partial charge on any atom is 0.0692 e. The van der Waals surface area contributed by atoms with E-state index in [1.165, 1.54) is 44.9 Å². The van der Waals surface area contributed by atoms with E-state index in [-0.39, 0.29) is 10.8 Å². The Kier molecular flexibility index (Phi) is 4.87. The highest BCUT2D eigenvalue weighted by atomic mass is 14.6. The lowest BCUT2D eigenvalue weighted by atomic mass is 9.56. The number of unbranched alkanes of at least 4 members (excludes halogenated alkanes) is 3. The van der Waals surface area contributed by atoms with Crippen molar-refractivity contribution >= 4 is 0 Å². The standard InChI is InChI=1S/C17H31N/c1-6-8-9-10-11-17(5)15(3,7-2)12-13-16(17,4)14-18/h6-13H2,1-5H3. The molecule has 3 unspecified atom stereocenters. The summed E-state index contributed by atoms with van der Waals surface area (Å²) in [6.45, 7) is 11.6. The van der Waals surface area contributed by atoms with Gasteiger partial charge in [0.15, 0.2) is 0 Å². The highest BCUT2D eigenvalue weighted by Crippen LogP contribution is 2.65. The Bertz CT molecular complexity index is 316. The molecule has 1 heteroatoms. The molecular formula is C17H31N. The van der Waals surface area contributed by atoms with Gasteiger partial charge in [-0.3, -0.25) is 0 Å². The van der Waals surface area contributed by atoms with E-state index >= 15 is 0 Å². The van der Waals surface area contributed by atoms with Crippen molar-refractivity contribution in [3.63, 3.8) is 0 Å². The van der Waals surface area contributed by atoms with Crippen molar-refractivity contribution in [2.45, 2.75) is 86.0 Å². The Morgan fingerprint density at radius 1 is 1.00 bits per heavy atom. The maximum atomic E-state index is 9.64. The third kappa shape index (κ3) is 2.31. The molecule has 0 heterocycles. The molecule has 1 fully saturated rings. The number of nitrogens with zero attached hydrogens (tertiary/aromatic N) is 1. The average Bonchev–Trinajstić information content (AvgIpc) is 2.58. The van der Waals surface area contributed by atoms with E-state index < -0.39 is 0 Å². The number of rotatable bonds is 6. The fourth-order valence-electron chi connectivity index (χ4n) is 3.97. The van der Waals surface area contributed by atoms with Gasteiger partial charge in [-0.2, -0.15) is 5.26 Å². The summed E-state index contributed by atoms with van der Waals surface area (Å²) in [5, 5.41) is 9.64. The van der Waals surface area contributed by atoms with Gasteiger partial charge in [0.2, 0.25) is 0 Å². The van der Waals surface area contributed by atoms with Gasteiger partial charge in [0, 0.05) is 0 Å². The molecule has 0 saturated heterocycles. The predicted octanol–water partition coefficient (Wildman–Crippen LogP) is 5.70. The van der Waals surface area contributed by atoms with Crippen LogP contribution in [0.2, 0.25) is 0 Å². The van der Waals surface area contributed by atoms with Crippen LogP contribution in [0, 0.1) is 27.6 Å². The quantitative estimate of drug-likeness (QED) is 0.554. The minimum Gasteiger partial charge on any atom is -0.198 e. The van der Waals surface area contributed by atoms with Crippen LogP contribution in [0.4, 0.5) is 0 Å². The topological polar surface area (TPSA) is 23.8 Å². The minimum absolute atomic E-state index is 0.121. The Morgan fingerprint density at radius 2 is 1.67 bits per heavy atom. The molecule has 1 rings (SSSR count). The first-order valence-corrected chi connectivity index (χ1v) is 7.80. The fourth-order valence-corrected chi connectivity index (χ4v) is 3.97. The summed E-state index contributed by atoms with van der Waals surface area (Å²) in [6, 6.07) is 2.66. The van der Waals surface area contributed by atoms with E-state index in [9.17, 15) is 5.26 Å². The molecule has 1 saturated carbocycles. The van der Waals surface area contributed by atoms with Crippen LogP contribution in [0.1, 0.15) is 86.0 Å². The number of hydrogen-bond donors (Lipinski definition) is 0. The van der Waals surface area contributed by atoms with Crippen molar-refractivity contribution in [3.8, 4) is 6.07 Å². The Labute approximate surface area is 114 Å². The molecule has 0 N–H and O–H groups in total. The molecule has 104 valence electrons. The highest BCUT2D eigenvalue weighted by molar-refractivity contribution is 5.16. The van der Waals surface area contributed by atoms with Crippen LogP contribution in [0.3, 0.4) is 0 Å². The van der Waals surface area contributed by atoms with Gasteiger partial charge in [-0.1, -0.05) is 59.8 Å². The molecule has 0 aromatic rings. The van der Waals surface area contributed by atoms with Crippen molar-refractivity contribution in [1.29, 1.82) is 5.26 Å². The minimum atomic E-state index is -0.121. The molecule has 0 aromatic carbocycles. The second-order valence-corrected chi connectivity index (χ2v) is 7.00. The molecule has 3 atom stereocenters. The van der Waals surface area contributed by atoms with Crippen molar-refractivity contribution in [3.05, 3.63) is 0 Å². The third-order valence-corrected chi connectivity index (χ3v) is 6.28. The van der Waals surface area contributed by atoms with Gasteiger partial charge in [0.05, 0.1) is 11.5 Å². The van der Waals surface area contributed by atoms with Crippen LogP contribution in [-0.4, -0.2) is 0 Å². The molecule has 0 amide bonds. The maximum absolute atomic E-state index is 9.64. The van der Waals surface area contributed by atoms with Crippen molar-refractivity contribution in [2.75, 3.05) is 0 Å². The lowest BCUT2D eigenvalue weighted by Gasteiger charge is -2.47. The normalized spacial score (nSPS) is 39.8. The van der Waals surface area contributed by atoms with Gasteiger partial charge in [-0.05, 0) is 37.0 Å². The van der Waals surface area contributed by atoms with Crippen LogP contribution in [0.25, 0.3) is 0 Å². The fraction of sp³-hybridized carbons (Fsp3) is 0.941. The molecule has 0 radical (unpaired) electrons. The predicted molar refractivity (Wildman–Crippen MR) is 78.2 cm³/mol. The monoisotopic (exact) mass is 249 g/mol. The molecule has 1 nitrogen and oxygen atoms in total. The molecule has 18 heavy (non-hydrogen) atoms. The largest absolute Gasteiger partial charge is 0.198 e.